The highest BCUT2D eigenvalue weighted by Gasteiger charge is 2.40. The number of hydrogen-bond acceptors (Lipinski definition) is 2. The predicted octanol–water partition coefficient (Wildman–Crippen LogP) is 4.30. The van der Waals surface area contributed by atoms with Crippen LogP contribution in [0, 0.1) is 5.41 Å². The fourth-order valence-corrected chi connectivity index (χ4v) is 3.02. The third kappa shape index (κ3) is 2.72. The third-order valence-corrected chi connectivity index (χ3v) is 4.61. The molecule has 1 aromatic rings. The zero-order chi connectivity index (χ0) is 15.0. The fourth-order valence-electron chi connectivity index (χ4n) is 3.02. The normalized spacial score (nSPS) is 18.6. The number of nitrogens with zero attached hydrogens (tertiary/aromatic N) is 1. The van der Waals surface area contributed by atoms with Crippen LogP contribution in [-0.2, 0) is 6.18 Å². The Hall–Kier alpha value is -1.39. The Morgan fingerprint density at radius 2 is 1.90 bits per heavy atom. The Morgan fingerprint density at radius 3 is 2.40 bits per heavy atom. The van der Waals surface area contributed by atoms with Crippen molar-refractivity contribution in [1.82, 2.24) is 0 Å². The summed E-state index contributed by atoms with van der Waals surface area (Å²) in [4.78, 5) is 1.86. The van der Waals surface area contributed by atoms with Crippen molar-refractivity contribution in [2.24, 2.45) is 5.41 Å². The average Bonchev–Trinajstić information content (AvgIpc) is 2.83. The van der Waals surface area contributed by atoms with Gasteiger partial charge in [-0.05, 0) is 42.9 Å². The van der Waals surface area contributed by atoms with Crippen molar-refractivity contribution >= 4 is 11.4 Å². The van der Waals surface area contributed by atoms with E-state index in [0.717, 1.165) is 25.3 Å². The Morgan fingerprint density at radius 1 is 1.25 bits per heavy atom. The summed E-state index contributed by atoms with van der Waals surface area (Å²) in [6.45, 7) is 5.59. The monoisotopic (exact) mass is 286 g/mol. The van der Waals surface area contributed by atoms with Gasteiger partial charge in [0.05, 0.1) is 5.56 Å². The summed E-state index contributed by atoms with van der Waals surface area (Å²) in [5, 5.41) is 0. The maximum Gasteiger partial charge on any atom is 0.418 e. The van der Waals surface area contributed by atoms with Crippen LogP contribution in [0.3, 0.4) is 0 Å². The first-order valence-electron chi connectivity index (χ1n) is 7.03. The van der Waals surface area contributed by atoms with E-state index in [2.05, 4.69) is 13.8 Å². The molecule has 1 heterocycles. The average molecular weight is 286 g/mol. The standard InChI is InChI=1S/C15H21F3N2/c1-3-14(4-2)7-8-20(10-14)13-6-5-11(19)9-12(13)15(16,17)18/h5-6,9H,3-4,7-8,10,19H2,1-2H3. The number of halogens is 3. The molecule has 0 aliphatic carbocycles. The van der Waals surface area contributed by atoms with Crippen LogP contribution in [-0.4, -0.2) is 13.1 Å². The van der Waals surface area contributed by atoms with E-state index in [9.17, 15) is 13.2 Å². The molecule has 1 aromatic carbocycles. The summed E-state index contributed by atoms with van der Waals surface area (Å²) in [5.41, 5.74) is 5.44. The van der Waals surface area contributed by atoms with Gasteiger partial charge in [-0.15, -0.1) is 0 Å². The summed E-state index contributed by atoms with van der Waals surface area (Å²) in [6, 6.07) is 4.08. The summed E-state index contributed by atoms with van der Waals surface area (Å²) in [6.07, 6.45) is -1.43. The van der Waals surface area contributed by atoms with Crippen LogP contribution in [0.1, 0.15) is 38.7 Å². The molecule has 0 amide bonds. The zero-order valence-corrected chi connectivity index (χ0v) is 11.9. The van der Waals surface area contributed by atoms with Crippen molar-refractivity contribution in [3.63, 3.8) is 0 Å². The third-order valence-electron chi connectivity index (χ3n) is 4.61. The SMILES string of the molecule is CCC1(CC)CCN(c2ccc(N)cc2C(F)(F)F)C1. The summed E-state index contributed by atoms with van der Waals surface area (Å²) < 4.78 is 39.5. The van der Waals surface area contributed by atoms with Gasteiger partial charge in [-0.2, -0.15) is 13.2 Å². The molecule has 1 fully saturated rings. The second-order valence-electron chi connectivity index (χ2n) is 5.65. The molecule has 2 rings (SSSR count). The Bertz CT molecular complexity index is 478. The smallest absolute Gasteiger partial charge is 0.399 e. The van der Waals surface area contributed by atoms with E-state index in [4.69, 9.17) is 5.73 Å². The lowest BCUT2D eigenvalue weighted by atomic mass is 9.82. The molecule has 0 atom stereocenters. The highest BCUT2D eigenvalue weighted by Crippen LogP contribution is 2.43. The Balaban J connectivity index is 2.35. The molecule has 5 heteroatoms. The minimum atomic E-state index is -4.37. The highest BCUT2D eigenvalue weighted by atomic mass is 19.4. The first-order chi connectivity index (χ1) is 9.31. The van der Waals surface area contributed by atoms with E-state index in [1.165, 1.54) is 6.07 Å². The fraction of sp³-hybridized carbons (Fsp3) is 0.600. The number of anilines is 2. The molecule has 1 aliphatic heterocycles. The van der Waals surface area contributed by atoms with Gasteiger partial charge in [-0.25, -0.2) is 0 Å². The van der Waals surface area contributed by atoms with Crippen molar-refractivity contribution in [2.75, 3.05) is 23.7 Å². The number of hydrogen-bond donors (Lipinski definition) is 1. The molecule has 0 radical (unpaired) electrons. The molecule has 0 aromatic heterocycles. The van der Waals surface area contributed by atoms with Gasteiger partial charge in [-0.3, -0.25) is 0 Å². The van der Waals surface area contributed by atoms with Gasteiger partial charge in [0.1, 0.15) is 0 Å². The van der Waals surface area contributed by atoms with Gasteiger partial charge in [0.2, 0.25) is 0 Å². The highest BCUT2D eigenvalue weighted by molar-refractivity contribution is 5.61. The lowest BCUT2D eigenvalue weighted by Crippen LogP contribution is -2.28. The van der Waals surface area contributed by atoms with Crippen molar-refractivity contribution in [2.45, 2.75) is 39.3 Å². The summed E-state index contributed by atoms with van der Waals surface area (Å²) >= 11 is 0. The van der Waals surface area contributed by atoms with E-state index in [-0.39, 0.29) is 16.8 Å². The lowest BCUT2D eigenvalue weighted by Gasteiger charge is -2.28. The first kappa shape index (κ1) is 15.0. The number of nitrogen functional groups attached to an aromatic ring is 1. The predicted molar refractivity (Wildman–Crippen MR) is 75.7 cm³/mol. The molecule has 1 saturated heterocycles. The maximum absolute atomic E-state index is 13.2. The molecule has 20 heavy (non-hydrogen) atoms. The number of nitrogens with two attached hydrogens (primary N) is 1. The van der Waals surface area contributed by atoms with E-state index in [1.807, 2.05) is 4.90 Å². The van der Waals surface area contributed by atoms with E-state index in [0.29, 0.717) is 13.1 Å². The van der Waals surface area contributed by atoms with Crippen LogP contribution in [0.15, 0.2) is 18.2 Å². The van der Waals surface area contributed by atoms with Crippen molar-refractivity contribution in [1.29, 1.82) is 0 Å². The van der Waals surface area contributed by atoms with Gasteiger partial charge in [0.15, 0.2) is 0 Å². The molecule has 2 nitrogen and oxygen atoms in total. The van der Waals surface area contributed by atoms with Crippen LogP contribution in [0.5, 0.6) is 0 Å². The van der Waals surface area contributed by atoms with Gasteiger partial charge in [0, 0.05) is 24.5 Å². The van der Waals surface area contributed by atoms with Crippen LogP contribution in [0.25, 0.3) is 0 Å². The Kier molecular flexibility index (Phi) is 3.89. The van der Waals surface area contributed by atoms with Crippen molar-refractivity contribution < 1.29 is 13.2 Å². The van der Waals surface area contributed by atoms with E-state index >= 15 is 0 Å². The quantitative estimate of drug-likeness (QED) is 0.839. The van der Waals surface area contributed by atoms with Gasteiger partial charge in [0.25, 0.3) is 0 Å². The molecule has 0 spiro atoms. The molecule has 0 unspecified atom stereocenters. The maximum atomic E-state index is 13.2. The summed E-state index contributed by atoms with van der Waals surface area (Å²) in [7, 11) is 0. The first-order valence-corrected chi connectivity index (χ1v) is 7.03. The second kappa shape index (κ2) is 5.19. The minimum Gasteiger partial charge on any atom is -0.399 e. The van der Waals surface area contributed by atoms with Crippen LogP contribution >= 0.6 is 0 Å². The largest absolute Gasteiger partial charge is 0.418 e. The van der Waals surface area contributed by atoms with Crippen molar-refractivity contribution in [3.8, 4) is 0 Å². The molecule has 112 valence electrons. The molecule has 0 bridgehead atoms. The van der Waals surface area contributed by atoms with Crippen LogP contribution in [0.2, 0.25) is 0 Å². The number of rotatable bonds is 3. The second-order valence-corrected chi connectivity index (χ2v) is 5.65. The molecule has 1 aliphatic rings. The zero-order valence-electron chi connectivity index (χ0n) is 11.9. The molecule has 2 N–H and O–H groups in total. The summed E-state index contributed by atoms with van der Waals surface area (Å²) in [5.74, 6) is 0. The topological polar surface area (TPSA) is 29.3 Å². The van der Waals surface area contributed by atoms with Crippen LogP contribution < -0.4 is 10.6 Å². The minimum absolute atomic E-state index is 0.143. The number of benzene rings is 1. The molecular formula is C15H21F3N2. The van der Waals surface area contributed by atoms with E-state index < -0.39 is 11.7 Å². The van der Waals surface area contributed by atoms with Crippen molar-refractivity contribution in [3.05, 3.63) is 23.8 Å². The Labute approximate surface area is 117 Å². The molecule has 0 saturated carbocycles. The van der Waals surface area contributed by atoms with Gasteiger partial charge in [-0.1, -0.05) is 13.8 Å². The van der Waals surface area contributed by atoms with Gasteiger partial charge >= 0.3 is 6.18 Å². The van der Waals surface area contributed by atoms with Crippen LogP contribution in [0.4, 0.5) is 24.5 Å². The van der Waals surface area contributed by atoms with E-state index in [1.54, 1.807) is 6.07 Å². The lowest BCUT2D eigenvalue weighted by molar-refractivity contribution is -0.137. The van der Waals surface area contributed by atoms with Gasteiger partial charge < -0.3 is 10.6 Å². The number of alkyl halides is 3. The molecular weight excluding hydrogens is 265 g/mol.